The van der Waals surface area contributed by atoms with Gasteiger partial charge in [-0.15, -0.1) is 0 Å². The normalized spacial score (nSPS) is 10.3. The lowest BCUT2D eigenvalue weighted by Gasteiger charge is -2.13. The Balaban J connectivity index is 2.13. The van der Waals surface area contributed by atoms with E-state index < -0.39 is 6.61 Å². The monoisotopic (exact) mass is 394 g/mol. The molecule has 0 bridgehead atoms. The minimum atomic E-state index is -2.94. The minimum absolute atomic E-state index is 0.0113. The number of nitriles is 2. The zero-order chi connectivity index (χ0) is 20.1. The molecule has 0 amide bonds. The molecule has 0 radical (unpaired) electrons. The fourth-order valence-corrected chi connectivity index (χ4v) is 3.47. The average Bonchev–Trinajstić information content (AvgIpc) is 2.68. The van der Waals surface area contributed by atoms with E-state index in [9.17, 15) is 19.3 Å². The molecule has 0 spiro atoms. The maximum absolute atomic E-state index is 12.4. The Labute approximate surface area is 164 Å². The second-order valence-electron chi connectivity index (χ2n) is 5.47. The summed E-state index contributed by atoms with van der Waals surface area (Å²) in [5.74, 6) is -0.0421. The zero-order valence-corrected chi connectivity index (χ0v) is 15.1. The highest BCUT2D eigenvalue weighted by atomic mass is 32.2. The number of aromatic nitrogens is 1. The summed E-state index contributed by atoms with van der Waals surface area (Å²) in [6.07, 6.45) is 0. The lowest BCUT2D eigenvalue weighted by molar-refractivity contribution is -0.0498. The van der Waals surface area contributed by atoms with Crippen molar-refractivity contribution in [3.05, 3.63) is 65.7 Å². The molecular formula is C20H12F2N4OS. The van der Waals surface area contributed by atoms with E-state index in [1.807, 2.05) is 36.4 Å². The first kappa shape index (κ1) is 19.2. The lowest BCUT2D eigenvalue weighted by Crippen LogP contribution is -2.04. The van der Waals surface area contributed by atoms with Gasteiger partial charge in [-0.1, -0.05) is 42.1 Å². The molecule has 8 heteroatoms. The first-order valence-corrected chi connectivity index (χ1v) is 8.77. The maximum Gasteiger partial charge on any atom is 0.387 e. The highest BCUT2D eigenvalue weighted by Gasteiger charge is 2.21. The first-order chi connectivity index (χ1) is 13.5. The number of nitrogens with two attached hydrogens (primary N) is 1. The van der Waals surface area contributed by atoms with Gasteiger partial charge in [0.25, 0.3) is 0 Å². The third kappa shape index (κ3) is 4.03. The fraction of sp³-hybridized carbons (Fsp3) is 0.0500. The number of hydrogen-bond acceptors (Lipinski definition) is 6. The van der Waals surface area contributed by atoms with E-state index in [4.69, 9.17) is 5.73 Å². The summed E-state index contributed by atoms with van der Waals surface area (Å²) < 4.78 is 29.1. The van der Waals surface area contributed by atoms with Gasteiger partial charge in [0.2, 0.25) is 0 Å². The molecule has 0 saturated heterocycles. The minimum Gasteiger partial charge on any atom is -0.435 e. The van der Waals surface area contributed by atoms with Crippen molar-refractivity contribution >= 4 is 17.6 Å². The summed E-state index contributed by atoms with van der Waals surface area (Å²) in [6, 6.07) is 19.0. The van der Waals surface area contributed by atoms with Crippen LogP contribution in [0.15, 0.2) is 64.5 Å². The molecule has 0 unspecified atom stereocenters. The number of benzene rings is 2. The summed E-state index contributed by atoms with van der Waals surface area (Å²) in [5, 5.41) is 19.6. The second kappa shape index (κ2) is 8.38. The van der Waals surface area contributed by atoms with Crippen molar-refractivity contribution in [2.45, 2.75) is 16.5 Å². The van der Waals surface area contributed by atoms with Gasteiger partial charge < -0.3 is 10.5 Å². The molecule has 2 N–H and O–H groups in total. The Morgan fingerprint density at radius 3 is 2.18 bits per heavy atom. The molecule has 0 aliphatic rings. The molecule has 0 aliphatic heterocycles. The van der Waals surface area contributed by atoms with E-state index in [0.717, 1.165) is 4.90 Å². The molecule has 1 heterocycles. The Bertz CT molecular complexity index is 1070. The number of rotatable bonds is 5. The van der Waals surface area contributed by atoms with Crippen molar-refractivity contribution in [3.63, 3.8) is 0 Å². The van der Waals surface area contributed by atoms with Crippen LogP contribution in [0.2, 0.25) is 0 Å². The van der Waals surface area contributed by atoms with Gasteiger partial charge >= 0.3 is 6.61 Å². The van der Waals surface area contributed by atoms with Gasteiger partial charge in [-0.3, -0.25) is 0 Å². The number of alkyl halides is 2. The van der Waals surface area contributed by atoms with Crippen LogP contribution in [0.5, 0.6) is 5.75 Å². The van der Waals surface area contributed by atoms with Gasteiger partial charge in [-0.25, -0.2) is 4.98 Å². The van der Waals surface area contributed by atoms with Gasteiger partial charge in [-0.05, 0) is 29.8 Å². The second-order valence-corrected chi connectivity index (χ2v) is 6.53. The molecule has 1 aromatic heterocycles. The average molecular weight is 394 g/mol. The van der Waals surface area contributed by atoms with Crippen LogP contribution in [0.1, 0.15) is 11.1 Å². The summed E-state index contributed by atoms with van der Waals surface area (Å²) in [7, 11) is 0. The molecule has 0 saturated carbocycles. The van der Waals surface area contributed by atoms with Crippen LogP contribution < -0.4 is 10.5 Å². The smallest absolute Gasteiger partial charge is 0.387 e. The standard InChI is InChI=1S/C20H12F2N4OS/c21-20(22)27-13-8-6-12(7-9-13)17-15(10-23)18(25)26-19(16(17)11-24)28-14-4-2-1-3-5-14/h1-9,20H,(H2,25,26). The van der Waals surface area contributed by atoms with Crippen LogP contribution in [0.25, 0.3) is 11.1 Å². The Morgan fingerprint density at radius 2 is 1.61 bits per heavy atom. The van der Waals surface area contributed by atoms with Crippen molar-refractivity contribution < 1.29 is 13.5 Å². The Hall–Kier alpha value is -3.62. The van der Waals surface area contributed by atoms with E-state index in [-0.39, 0.29) is 22.7 Å². The van der Waals surface area contributed by atoms with Crippen molar-refractivity contribution in [2.75, 3.05) is 5.73 Å². The number of ether oxygens (including phenoxy) is 1. The van der Waals surface area contributed by atoms with E-state index in [1.54, 1.807) is 0 Å². The van der Waals surface area contributed by atoms with E-state index in [0.29, 0.717) is 16.2 Å². The number of pyridine rings is 1. The SMILES string of the molecule is N#Cc1c(N)nc(Sc2ccccc2)c(C#N)c1-c1ccc(OC(F)F)cc1. The predicted molar refractivity (Wildman–Crippen MR) is 101 cm³/mol. The number of hydrogen-bond donors (Lipinski definition) is 1. The molecule has 2 aromatic carbocycles. The topological polar surface area (TPSA) is 95.7 Å². The number of nitrogens with zero attached hydrogens (tertiary/aromatic N) is 3. The highest BCUT2D eigenvalue weighted by molar-refractivity contribution is 7.99. The van der Waals surface area contributed by atoms with Crippen LogP contribution in [-0.2, 0) is 0 Å². The number of halogens is 2. The molecule has 0 atom stereocenters. The maximum atomic E-state index is 12.4. The van der Waals surface area contributed by atoms with E-state index in [2.05, 4.69) is 15.8 Å². The fourth-order valence-electron chi connectivity index (χ4n) is 2.56. The molecular weight excluding hydrogens is 382 g/mol. The summed E-state index contributed by atoms with van der Waals surface area (Å²) >= 11 is 1.25. The zero-order valence-electron chi connectivity index (χ0n) is 14.3. The third-order valence-corrected chi connectivity index (χ3v) is 4.74. The van der Waals surface area contributed by atoms with Crippen LogP contribution in [0.4, 0.5) is 14.6 Å². The molecule has 0 aliphatic carbocycles. The van der Waals surface area contributed by atoms with E-state index in [1.165, 1.54) is 36.0 Å². The van der Waals surface area contributed by atoms with Crippen molar-refractivity contribution in [1.82, 2.24) is 4.98 Å². The Kier molecular flexibility index (Phi) is 5.73. The van der Waals surface area contributed by atoms with Gasteiger partial charge in [0.15, 0.2) is 0 Å². The molecule has 138 valence electrons. The van der Waals surface area contributed by atoms with Crippen LogP contribution in [0, 0.1) is 22.7 Å². The van der Waals surface area contributed by atoms with E-state index >= 15 is 0 Å². The van der Waals surface area contributed by atoms with Gasteiger partial charge in [-0.2, -0.15) is 19.3 Å². The first-order valence-electron chi connectivity index (χ1n) is 7.95. The lowest BCUT2D eigenvalue weighted by atomic mass is 9.97. The third-order valence-electron chi connectivity index (χ3n) is 3.74. The largest absolute Gasteiger partial charge is 0.435 e. The molecule has 3 aromatic rings. The highest BCUT2D eigenvalue weighted by Crippen LogP contribution is 2.38. The van der Waals surface area contributed by atoms with Gasteiger partial charge in [0.05, 0.1) is 5.56 Å². The van der Waals surface area contributed by atoms with Gasteiger partial charge in [0, 0.05) is 10.5 Å². The molecule has 3 rings (SSSR count). The van der Waals surface area contributed by atoms with Crippen molar-refractivity contribution in [3.8, 4) is 29.0 Å². The van der Waals surface area contributed by atoms with Crippen molar-refractivity contribution in [2.24, 2.45) is 0 Å². The van der Waals surface area contributed by atoms with Crippen molar-refractivity contribution in [1.29, 1.82) is 10.5 Å². The summed E-state index contributed by atoms with van der Waals surface area (Å²) in [4.78, 5) is 5.07. The number of nitrogen functional groups attached to an aromatic ring is 1. The molecule has 28 heavy (non-hydrogen) atoms. The molecule has 5 nitrogen and oxygen atoms in total. The number of anilines is 1. The van der Waals surface area contributed by atoms with Crippen LogP contribution in [0.3, 0.4) is 0 Å². The van der Waals surface area contributed by atoms with Crippen LogP contribution >= 0.6 is 11.8 Å². The quantitative estimate of drug-likeness (QED) is 0.666. The van der Waals surface area contributed by atoms with Crippen LogP contribution in [-0.4, -0.2) is 11.6 Å². The summed E-state index contributed by atoms with van der Waals surface area (Å²) in [6.45, 7) is -2.94. The summed E-state index contributed by atoms with van der Waals surface area (Å²) in [5.41, 5.74) is 6.97. The Morgan fingerprint density at radius 1 is 0.964 bits per heavy atom. The van der Waals surface area contributed by atoms with Gasteiger partial charge in [0.1, 0.15) is 34.3 Å². The predicted octanol–water partition coefficient (Wildman–Crippen LogP) is 4.83. The molecule has 0 fully saturated rings.